The highest BCUT2D eigenvalue weighted by molar-refractivity contribution is 5.91. The number of methoxy groups -OCH3 is 1. The van der Waals surface area contributed by atoms with Crippen molar-refractivity contribution in [1.82, 2.24) is 15.5 Å². The number of rotatable bonds is 5. The van der Waals surface area contributed by atoms with Gasteiger partial charge in [0.1, 0.15) is 5.82 Å². The van der Waals surface area contributed by atoms with Crippen molar-refractivity contribution >= 4 is 11.7 Å². The van der Waals surface area contributed by atoms with Gasteiger partial charge in [0.15, 0.2) is 5.69 Å². The lowest BCUT2D eigenvalue weighted by Gasteiger charge is -2.12. The smallest absolute Gasteiger partial charge is 0.271 e. The van der Waals surface area contributed by atoms with Gasteiger partial charge >= 0.3 is 0 Å². The molecule has 0 aliphatic heterocycles. The molecule has 0 fully saturated rings. The first kappa shape index (κ1) is 12.4. The van der Waals surface area contributed by atoms with Crippen LogP contribution in [-0.4, -0.2) is 42.9 Å². The van der Waals surface area contributed by atoms with E-state index in [1.807, 2.05) is 6.92 Å². The molecule has 0 bridgehead atoms. The minimum atomic E-state index is -0.246. The molecule has 1 aromatic heterocycles. The fourth-order valence-electron chi connectivity index (χ4n) is 1.20. The largest absolute Gasteiger partial charge is 0.383 e. The van der Waals surface area contributed by atoms with Crippen molar-refractivity contribution < 1.29 is 9.53 Å². The Balaban J connectivity index is 2.61. The molecule has 1 aromatic rings. The van der Waals surface area contributed by atoms with E-state index >= 15 is 0 Å². The number of hydrogen-bond acceptors (Lipinski definition) is 5. The number of anilines is 1. The van der Waals surface area contributed by atoms with Gasteiger partial charge in [-0.05, 0) is 19.1 Å². The minimum Gasteiger partial charge on any atom is -0.383 e. The molecule has 1 atom stereocenters. The second-order valence-electron chi connectivity index (χ2n) is 3.38. The van der Waals surface area contributed by atoms with Gasteiger partial charge in [-0.25, -0.2) is 0 Å². The number of hydrogen-bond donors (Lipinski definition) is 2. The minimum absolute atomic E-state index is 0.144. The number of carbonyl (C=O) groups excluding carboxylic acids is 1. The van der Waals surface area contributed by atoms with Crippen molar-refractivity contribution in [2.75, 3.05) is 26.1 Å². The fourth-order valence-corrected chi connectivity index (χ4v) is 1.20. The van der Waals surface area contributed by atoms with Crippen molar-refractivity contribution in [3.63, 3.8) is 0 Å². The molecule has 0 radical (unpaired) electrons. The molecule has 0 aliphatic carbocycles. The van der Waals surface area contributed by atoms with Gasteiger partial charge in [0.2, 0.25) is 0 Å². The average molecular weight is 224 g/mol. The van der Waals surface area contributed by atoms with Crippen LogP contribution in [0.3, 0.4) is 0 Å². The Morgan fingerprint density at radius 3 is 2.75 bits per heavy atom. The van der Waals surface area contributed by atoms with Gasteiger partial charge in [-0.3, -0.25) is 4.79 Å². The van der Waals surface area contributed by atoms with Gasteiger partial charge in [0, 0.05) is 20.2 Å². The molecular formula is C10H16N4O2. The SMILES string of the molecule is CNC(=O)c1ccc(NC(C)COC)nn1. The fraction of sp³-hybridized carbons (Fsp3) is 0.500. The molecule has 1 heterocycles. The third kappa shape index (κ3) is 3.47. The number of ether oxygens (including phenoxy) is 1. The molecule has 6 heteroatoms. The topological polar surface area (TPSA) is 76.1 Å². The van der Waals surface area contributed by atoms with E-state index in [4.69, 9.17) is 4.74 Å². The van der Waals surface area contributed by atoms with E-state index < -0.39 is 0 Å². The van der Waals surface area contributed by atoms with E-state index in [2.05, 4.69) is 20.8 Å². The zero-order chi connectivity index (χ0) is 12.0. The predicted octanol–water partition coefficient (Wildman–Crippen LogP) is 0.283. The maximum absolute atomic E-state index is 11.2. The van der Waals surface area contributed by atoms with Crippen LogP contribution in [0.2, 0.25) is 0 Å². The van der Waals surface area contributed by atoms with Crippen molar-refractivity contribution in [1.29, 1.82) is 0 Å². The van der Waals surface area contributed by atoms with Crippen LogP contribution in [0.25, 0.3) is 0 Å². The summed E-state index contributed by atoms with van der Waals surface area (Å²) in [6.45, 7) is 2.55. The Hall–Kier alpha value is -1.69. The van der Waals surface area contributed by atoms with Crippen molar-refractivity contribution in [3.8, 4) is 0 Å². The summed E-state index contributed by atoms with van der Waals surface area (Å²) >= 11 is 0. The molecule has 1 amide bonds. The number of nitrogens with one attached hydrogen (secondary N) is 2. The Morgan fingerprint density at radius 2 is 2.25 bits per heavy atom. The highest BCUT2D eigenvalue weighted by Gasteiger charge is 2.06. The average Bonchev–Trinajstić information content (AvgIpc) is 2.29. The third-order valence-electron chi connectivity index (χ3n) is 1.94. The Kier molecular flexibility index (Phi) is 4.65. The number of nitrogens with zero attached hydrogens (tertiary/aromatic N) is 2. The number of amides is 1. The quantitative estimate of drug-likeness (QED) is 0.751. The van der Waals surface area contributed by atoms with Crippen LogP contribution in [0.5, 0.6) is 0 Å². The monoisotopic (exact) mass is 224 g/mol. The second-order valence-corrected chi connectivity index (χ2v) is 3.38. The van der Waals surface area contributed by atoms with Crippen LogP contribution >= 0.6 is 0 Å². The van der Waals surface area contributed by atoms with Crippen LogP contribution in [-0.2, 0) is 4.74 Å². The first-order valence-corrected chi connectivity index (χ1v) is 4.98. The number of aromatic nitrogens is 2. The first-order chi connectivity index (χ1) is 7.67. The zero-order valence-corrected chi connectivity index (χ0v) is 9.65. The number of carbonyl (C=O) groups is 1. The van der Waals surface area contributed by atoms with Crippen LogP contribution in [0.1, 0.15) is 17.4 Å². The molecule has 16 heavy (non-hydrogen) atoms. The lowest BCUT2D eigenvalue weighted by molar-refractivity contribution is 0.0957. The lowest BCUT2D eigenvalue weighted by Crippen LogP contribution is -2.23. The third-order valence-corrected chi connectivity index (χ3v) is 1.94. The zero-order valence-electron chi connectivity index (χ0n) is 9.65. The Bertz CT molecular complexity index is 339. The summed E-state index contributed by atoms with van der Waals surface area (Å²) in [5, 5.41) is 13.3. The summed E-state index contributed by atoms with van der Waals surface area (Å²) in [5.41, 5.74) is 0.299. The molecule has 88 valence electrons. The first-order valence-electron chi connectivity index (χ1n) is 4.98. The molecule has 0 aromatic carbocycles. The van der Waals surface area contributed by atoms with E-state index in [9.17, 15) is 4.79 Å². The molecule has 0 saturated carbocycles. The second kappa shape index (κ2) is 6.02. The van der Waals surface area contributed by atoms with Gasteiger partial charge in [-0.15, -0.1) is 10.2 Å². The van der Waals surface area contributed by atoms with Gasteiger partial charge in [-0.1, -0.05) is 0 Å². The van der Waals surface area contributed by atoms with Gasteiger partial charge in [0.05, 0.1) is 6.61 Å². The van der Waals surface area contributed by atoms with E-state index in [-0.39, 0.29) is 11.9 Å². The summed E-state index contributed by atoms with van der Waals surface area (Å²) in [4.78, 5) is 11.2. The summed E-state index contributed by atoms with van der Waals surface area (Å²) < 4.78 is 4.98. The molecule has 1 rings (SSSR count). The van der Waals surface area contributed by atoms with Crippen molar-refractivity contribution in [2.24, 2.45) is 0 Å². The van der Waals surface area contributed by atoms with Gasteiger partial charge < -0.3 is 15.4 Å². The molecule has 1 unspecified atom stereocenters. The normalized spacial score (nSPS) is 11.9. The van der Waals surface area contributed by atoms with Crippen LogP contribution < -0.4 is 10.6 Å². The highest BCUT2D eigenvalue weighted by atomic mass is 16.5. The highest BCUT2D eigenvalue weighted by Crippen LogP contribution is 2.04. The molecule has 0 aliphatic rings. The lowest BCUT2D eigenvalue weighted by atomic mass is 10.3. The van der Waals surface area contributed by atoms with Crippen molar-refractivity contribution in [3.05, 3.63) is 17.8 Å². The van der Waals surface area contributed by atoms with Gasteiger partial charge in [-0.2, -0.15) is 0 Å². The van der Waals surface area contributed by atoms with E-state index in [1.54, 1.807) is 26.3 Å². The molecule has 0 spiro atoms. The van der Waals surface area contributed by atoms with E-state index in [0.29, 0.717) is 18.1 Å². The van der Waals surface area contributed by atoms with Crippen LogP contribution in [0, 0.1) is 0 Å². The molecular weight excluding hydrogens is 208 g/mol. The Morgan fingerprint density at radius 1 is 1.50 bits per heavy atom. The molecule has 0 saturated heterocycles. The van der Waals surface area contributed by atoms with Crippen LogP contribution in [0.15, 0.2) is 12.1 Å². The van der Waals surface area contributed by atoms with E-state index in [0.717, 1.165) is 0 Å². The van der Waals surface area contributed by atoms with Crippen molar-refractivity contribution in [2.45, 2.75) is 13.0 Å². The van der Waals surface area contributed by atoms with E-state index in [1.165, 1.54) is 0 Å². The standard InChI is InChI=1S/C10H16N4O2/c1-7(6-16-3)12-9-5-4-8(13-14-9)10(15)11-2/h4-5,7H,6H2,1-3H3,(H,11,15)(H,12,14). The maximum atomic E-state index is 11.2. The summed E-state index contributed by atoms with van der Waals surface area (Å²) in [6.07, 6.45) is 0. The molecule has 2 N–H and O–H groups in total. The Labute approximate surface area is 94.4 Å². The summed E-state index contributed by atoms with van der Waals surface area (Å²) in [5.74, 6) is 0.376. The van der Waals surface area contributed by atoms with Crippen LogP contribution in [0.4, 0.5) is 5.82 Å². The molecule has 6 nitrogen and oxygen atoms in total. The predicted molar refractivity (Wildman–Crippen MR) is 60.4 cm³/mol. The maximum Gasteiger partial charge on any atom is 0.271 e. The summed E-state index contributed by atoms with van der Waals surface area (Å²) in [6, 6.07) is 3.47. The van der Waals surface area contributed by atoms with Gasteiger partial charge in [0.25, 0.3) is 5.91 Å². The summed E-state index contributed by atoms with van der Waals surface area (Å²) in [7, 11) is 3.19.